The molecule has 3 N–H and O–H groups in total. The number of aromatic nitrogens is 1. The number of pyridine rings is 1. The van der Waals surface area contributed by atoms with E-state index in [1.807, 2.05) is 31.1 Å². The summed E-state index contributed by atoms with van der Waals surface area (Å²) in [6, 6.07) is 3.74. The monoisotopic (exact) mass is 308 g/mol. The molecule has 0 bridgehead atoms. The van der Waals surface area contributed by atoms with Crippen molar-refractivity contribution in [2.24, 2.45) is 0 Å². The first kappa shape index (κ1) is 15.7. The molecule has 0 saturated carbocycles. The third-order valence-corrected chi connectivity index (χ3v) is 4.06. The van der Waals surface area contributed by atoms with E-state index in [0.717, 1.165) is 11.2 Å². The molecule has 2 aromatic rings. The topological polar surface area (TPSA) is 80.5 Å². The number of nitrogens with zero attached hydrogens (tertiary/aromatic N) is 2. The smallest absolute Gasteiger partial charge is 0.263 e. The fourth-order valence-corrected chi connectivity index (χ4v) is 2.78. The van der Waals surface area contributed by atoms with E-state index in [-0.39, 0.29) is 5.91 Å². The molecular formula is C14H20N4O2S. The lowest BCUT2D eigenvalue weighted by molar-refractivity contribution is 0.0904. The summed E-state index contributed by atoms with van der Waals surface area (Å²) in [5.41, 5.74) is 7.11. The van der Waals surface area contributed by atoms with Crippen LogP contribution in [0.15, 0.2) is 18.3 Å². The van der Waals surface area contributed by atoms with E-state index in [2.05, 4.69) is 10.3 Å². The average molecular weight is 308 g/mol. The van der Waals surface area contributed by atoms with Gasteiger partial charge >= 0.3 is 0 Å². The third kappa shape index (κ3) is 4.13. The van der Waals surface area contributed by atoms with E-state index in [4.69, 9.17) is 10.5 Å². The summed E-state index contributed by atoms with van der Waals surface area (Å²) in [6.07, 6.45) is 1.67. The van der Waals surface area contributed by atoms with Gasteiger partial charge in [-0.1, -0.05) is 0 Å². The van der Waals surface area contributed by atoms with Crippen LogP contribution in [0.4, 0.5) is 5.69 Å². The molecule has 0 aromatic carbocycles. The molecule has 0 fully saturated rings. The van der Waals surface area contributed by atoms with Crippen molar-refractivity contribution in [2.75, 3.05) is 46.1 Å². The number of carbonyl (C=O) groups excluding carboxylic acids is 1. The number of carbonyl (C=O) groups is 1. The molecular weight excluding hydrogens is 288 g/mol. The van der Waals surface area contributed by atoms with Gasteiger partial charge in [0.25, 0.3) is 5.91 Å². The molecule has 0 radical (unpaired) electrons. The number of nitrogens with two attached hydrogens (primary N) is 1. The van der Waals surface area contributed by atoms with Crippen molar-refractivity contribution in [1.29, 1.82) is 0 Å². The third-order valence-electron chi connectivity index (χ3n) is 2.90. The zero-order chi connectivity index (χ0) is 15.2. The highest BCUT2D eigenvalue weighted by Crippen LogP contribution is 2.31. The number of nitrogen functional groups attached to an aromatic ring is 1. The number of hydrogen-bond acceptors (Lipinski definition) is 6. The average Bonchev–Trinajstić information content (AvgIpc) is 2.80. The number of nitrogens with one attached hydrogen (secondary N) is 1. The fourth-order valence-electron chi connectivity index (χ4n) is 1.78. The first-order valence-electron chi connectivity index (χ1n) is 6.73. The van der Waals surface area contributed by atoms with Gasteiger partial charge in [-0.25, -0.2) is 0 Å². The van der Waals surface area contributed by atoms with Gasteiger partial charge in [-0.15, -0.1) is 11.3 Å². The van der Waals surface area contributed by atoms with Gasteiger partial charge in [-0.3, -0.25) is 9.78 Å². The SMILES string of the molecule is CN(C)CCOCCNC(=O)c1sc2cccnc2c1N. The molecule has 0 unspecified atom stereocenters. The van der Waals surface area contributed by atoms with E-state index in [1.54, 1.807) is 6.20 Å². The molecule has 2 rings (SSSR count). The van der Waals surface area contributed by atoms with Gasteiger partial charge < -0.3 is 20.7 Å². The molecule has 7 heteroatoms. The molecule has 0 spiro atoms. The maximum atomic E-state index is 12.1. The normalized spacial score (nSPS) is 11.2. The molecule has 0 atom stereocenters. The van der Waals surface area contributed by atoms with E-state index < -0.39 is 0 Å². The van der Waals surface area contributed by atoms with Crippen LogP contribution >= 0.6 is 11.3 Å². The summed E-state index contributed by atoms with van der Waals surface area (Å²) < 4.78 is 6.34. The lowest BCUT2D eigenvalue weighted by Gasteiger charge is -2.10. The van der Waals surface area contributed by atoms with Crippen LogP contribution in [0.1, 0.15) is 9.67 Å². The number of anilines is 1. The highest BCUT2D eigenvalue weighted by Gasteiger charge is 2.16. The standard InChI is InChI=1S/C14H20N4O2S/c1-18(2)7-9-20-8-6-17-14(19)13-11(15)12-10(21-13)4-3-5-16-12/h3-5H,6-9,15H2,1-2H3,(H,17,19). The van der Waals surface area contributed by atoms with Crippen LogP contribution in [0.2, 0.25) is 0 Å². The summed E-state index contributed by atoms with van der Waals surface area (Å²) in [7, 11) is 3.98. The predicted molar refractivity (Wildman–Crippen MR) is 85.7 cm³/mol. The first-order chi connectivity index (χ1) is 10.1. The Balaban J connectivity index is 1.84. The highest BCUT2D eigenvalue weighted by molar-refractivity contribution is 7.21. The molecule has 2 heterocycles. The van der Waals surface area contributed by atoms with Crippen LogP contribution in [-0.2, 0) is 4.74 Å². The maximum Gasteiger partial charge on any atom is 0.263 e. The van der Waals surface area contributed by atoms with Gasteiger partial charge in [-0.05, 0) is 26.2 Å². The van der Waals surface area contributed by atoms with Crippen LogP contribution in [0, 0.1) is 0 Å². The van der Waals surface area contributed by atoms with E-state index in [1.165, 1.54) is 11.3 Å². The second kappa shape index (κ2) is 7.35. The number of thiophene rings is 1. The largest absolute Gasteiger partial charge is 0.396 e. The first-order valence-corrected chi connectivity index (χ1v) is 7.55. The number of fused-ring (bicyclic) bond motifs is 1. The fraction of sp³-hybridized carbons (Fsp3) is 0.429. The molecule has 1 amide bonds. The Morgan fingerprint density at radius 2 is 2.29 bits per heavy atom. The molecule has 2 aromatic heterocycles. The number of amides is 1. The van der Waals surface area contributed by atoms with Gasteiger partial charge in [0.2, 0.25) is 0 Å². The van der Waals surface area contributed by atoms with E-state index in [9.17, 15) is 4.79 Å². The van der Waals surface area contributed by atoms with Crippen molar-refractivity contribution in [1.82, 2.24) is 15.2 Å². The molecule has 21 heavy (non-hydrogen) atoms. The van der Waals surface area contributed by atoms with Crippen LogP contribution in [0.25, 0.3) is 10.2 Å². The second-order valence-corrected chi connectivity index (χ2v) is 5.92. The number of rotatable bonds is 7. The number of likely N-dealkylation sites (N-methyl/N-ethyl adjacent to an activating group) is 1. The molecule has 0 aliphatic rings. The Kier molecular flexibility index (Phi) is 5.49. The van der Waals surface area contributed by atoms with Crippen LogP contribution < -0.4 is 11.1 Å². The molecule has 6 nitrogen and oxygen atoms in total. The Hall–Kier alpha value is -1.70. The summed E-state index contributed by atoms with van der Waals surface area (Å²) in [5, 5.41) is 2.81. The minimum absolute atomic E-state index is 0.174. The van der Waals surface area contributed by atoms with Crippen molar-refractivity contribution >= 4 is 33.1 Å². The van der Waals surface area contributed by atoms with Crippen molar-refractivity contribution in [3.8, 4) is 0 Å². The van der Waals surface area contributed by atoms with Gasteiger partial charge in [0.05, 0.1) is 23.6 Å². The zero-order valence-corrected chi connectivity index (χ0v) is 13.1. The van der Waals surface area contributed by atoms with Gasteiger partial charge in [0.1, 0.15) is 10.4 Å². The van der Waals surface area contributed by atoms with Crippen molar-refractivity contribution in [2.45, 2.75) is 0 Å². The molecule has 0 aliphatic carbocycles. The van der Waals surface area contributed by atoms with Crippen molar-refractivity contribution in [3.63, 3.8) is 0 Å². The summed E-state index contributed by atoms with van der Waals surface area (Å²) in [5.74, 6) is -0.174. The van der Waals surface area contributed by atoms with Crippen LogP contribution in [0.3, 0.4) is 0 Å². The molecule has 0 aliphatic heterocycles. The minimum Gasteiger partial charge on any atom is -0.396 e. The number of ether oxygens (including phenoxy) is 1. The van der Waals surface area contributed by atoms with Crippen LogP contribution in [0.5, 0.6) is 0 Å². The maximum absolute atomic E-state index is 12.1. The van der Waals surface area contributed by atoms with Crippen molar-refractivity contribution < 1.29 is 9.53 Å². The summed E-state index contributed by atoms with van der Waals surface area (Å²) >= 11 is 1.36. The second-order valence-electron chi connectivity index (χ2n) is 4.87. The van der Waals surface area contributed by atoms with Gasteiger partial charge in [0, 0.05) is 19.3 Å². The quantitative estimate of drug-likeness (QED) is 0.751. The van der Waals surface area contributed by atoms with E-state index >= 15 is 0 Å². The van der Waals surface area contributed by atoms with E-state index in [0.29, 0.717) is 35.8 Å². The Morgan fingerprint density at radius 3 is 3.00 bits per heavy atom. The Morgan fingerprint density at radius 1 is 1.48 bits per heavy atom. The number of hydrogen-bond donors (Lipinski definition) is 2. The Bertz CT molecular complexity index is 612. The molecule has 0 saturated heterocycles. The van der Waals surface area contributed by atoms with Gasteiger partial charge in [-0.2, -0.15) is 0 Å². The highest BCUT2D eigenvalue weighted by atomic mass is 32.1. The minimum atomic E-state index is -0.174. The lowest BCUT2D eigenvalue weighted by Crippen LogP contribution is -2.28. The summed E-state index contributed by atoms with van der Waals surface area (Å²) in [6.45, 7) is 2.47. The lowest BCUT2D eigenvalue weighted by atomic mass is 10.3. The van der Waals surface area contributed by atoms with Crippen molar-refractivity contribution in [3.05, 3.63) is 23.2 Å². The van der Waals surface area contributed by atoms with Gasteiger partial charge in [0.15, 0.2) is 0 Å². The summed E-state index contributed by atoms with van der Waals surface area (Å²) in [4.78, 5) is 18.9. The predicted octanol–water partition coefficient (Wildman–Crippen LogP) is 1.19. The zero-order valence-electron chi connectivity index (χ0n) is 12.3. The van der Waals surface area contributed by atoms with Crippen LogP contribution in [-0.4, -0.2) is 56.2 Å². The molecule has 114 valence electrons. The Labute approximate surface area is 127 Å².